The minimum atomic E-state index is -1.01. The molecule has 0 atom stereocenters. The fourth-order valence-electron chi connectivity index (χ4n) is 2.04. The summed E-state index contributed by atoms with van der Waals surface area (Å²) in [7, 11) is 1.87. The SMILES string of the molecule is CNCc1ccc(OCC(=O)O)c(-c2cccc(Cl)c2)c1. The molecule has 0 spiro atoms. The lowest BCUT2D eigenvalue weighted by molar-refractivity contribution is -0.139. The van der Waals surface area contributed by atoms with Crippen LogP contribution >= 0.6 is 11.6 Å². The van der Waals surface area contributed by atoms with E-state index in [1.807, 2.05) is 37.4 Å². The Kier molecular flexibility index (Phi) is 5.20. The molecule has 2 rings (SSSR count). The topological polar surface area (TPSA) is 58.6 Å². The van der Waals surface area contributed by atoms with Crippen LogP contribution in [0.25, 0.3) is 11.1 Å². The van der Waals surface area contributed by atoms with Crippen LogP contribution in [-0.2, 0) is 11.3 Å². The maximum Gasteiger partial charge on any atom is 0.341 e. The molecule has 0 saturated carbocycles. The molecule has 0 amide bonds. The van der Waals surface area contributed by atoms with Crippen molar-refractivity contribution in [3.05, 3.63) is 53.1 Å². The molecule has 2 N–H and O–H groups in total. The summed E-state index contributed by atoms with van der Waals surface area (Å²) in [5, 5.41) is 12.5. The van der Waals surface area contributed by atoms with E-state index in [2.05, 4.69) is 5.32 Å². The maximum absolute atomic E-state index is 10.7. The highest BCUT2D eigenvalue weighted by Gasteiger charge is 2.10. The molecule has 0 bridgehead atoms. The minimum absolute atomic E-state index is 0.376. The Labute approximate surface area is 128 Å². The molecule has 0 heterocycles. The molecule has 5 heteroatoms. The van der Waals surface area contributed by atoms with Crippen LogP contribution in [0.5, 0.6) is 5.75 Å². The molecule has 2 aromatic rings. The van der Waals surface area contributed by atoms with Crippen molar-refractivity contribution in [2.45, 2.75) is 6.54 Å². The molecule has 0 saturated heterocycles. The van der Waals surface area contributed by atoms with Gasteiger partial charge in [0.05, 0.1) is 0 Å². The van der Waals surface area contributed by atoms with Crippen LogP contribution in [0.4, 0.5) is 0 Å². The minimum Gasteiger partial charge on any atom is -0.481 e. The van der Waals surface area contributed by atoms with Crippen molar-refractivity contribution in [3.8, 4) is 16.9 Å². The average Bonchev–Trinajstić information content (AvgIpc) is 2.46. The van der Waals surface area contributed by atoms with Crippen molar-refractivity contribution < 1.29 is 14.6 Å². The standard InChI is InChI=1S/C16H16ClNO3/c1-18-9-11-5-6-15(21-10-16(19)20)14(7-11)12-3-2-4-13(17)8-12/h2-8,18H,9-10H2,1H3,(H,19,20). The van der Waals surface area contributed by atoms with E-state index in [0.29, 0.717) is 17.3 Å². The molecule has 4 nitrogen and oxygen atoms in total. The van der Waals surface area contributed by atoms with Gasteiger partial charge in [-0.3, -0.25) is 0 Å². The first-order valence-electron chi connectivity index (χ1n) is 6.48. The van der Waals surface area contributed by atoms with Crippen molar-refractivity contribution in [2.24, 2.45) is 0 Å². The fourth-order valence-corrected chi connectivity index (χ4v) is 2.23. The molecule has 0 radical (unpaired) electrons. The molecule has 2 aromatic carbocycles. The van der Waals surface area contributed by atoms with Crippen LogP contribution in [0, 0.1) is 0 Å². The quantitative estimate of drug-likeness (QED) is 0.860. The van der Waals surface area contributed by atoms with Gasteiger partial charge in [-0.1, -0.05) is 29.8 Å². The summed E-state index contributed by atoms with van der Waals surface area (Å²) < 4.78 is 5.36. The van der Waals surface area contributed by atoms with Gasteiger partial charge in [-0.15, -0.1) is 0 Å². The summed E-state index contributed by atoms with van der Waals surface area (Å²) in [4.78, 5) is 10.7. The Bertz CT molecular complexity index is 643. The first kappa shape index (κ1) is 15.4. The number of rotatable bonds is 6. The first-order valence-corrected chi connectivity index (χ1v) is 6.86. The molecule has 0 aliphatic carbocycles. The van der Waals surface area contributed by atoms with E-state index < -0.39 is 5.97 Å². The molecule has 0 fully saturated rings. The van der Waals surface area contributed by atoms with Gasteiger partial charge in [-0.2, -0.15) is 0 Å². The molecule has 0 aromatic heterocycles. The molecule has 110 valence electrons. The smallest absolute Gasteiger partial charge is 0.341 e. The van der Waals surface area contributed by atoms with Gasteiger partial charge in [-0.25, -0.2) is 4.79 Å². The van der Waals surface area contributed by atoms with Crippen LogP contribution in [0.3, 0.4) is 0 Å². The first-order chi connectivity index (χ1) is 10.1. The zero-order valence-corrected chi connectivity index (χ0v) is 12.4. The normalized spacial score (nSPS) is 10.4. The second kappa shape index (κ2) is 7.11. The summed E-state index contributed by atoms with van der Waals surface area (Å²) in [6.45, 7) is 0.339. The van der Waals surface area contributed by atoms with Gasteiger partial charge < -0.3 is 15.2 Å². The number of hydrogen-bond acceptors (Lipinski definition) is 3. The number of hydrogen-bond donors (Lipinski definition) is 2. The molecular weight excluding hydrogens is 290 g/mol. The largest absolute Gasteiger partial charge is 0.481 e. The summed E-state index contributed by atoms with van der Waals surface area (Å²) in [6, 6.07) is 13.0. The molecule has 0 unspecified atom stereocenters. The maximum atomic E-state index is 10.7. The second-order valence-electron chi connectivity index (χ2n) is 4.55. The summed E-state index contributed by atoms with van der Waals surface area (Å²) >= 11 is 6.03. The van der Waals surface area contributed by atoms with E-state index in [0.717, 1.165) is 16.7 Å². The van der Waals surface area contributed by atoms with E-state index in [1.165, 1.54) is 0 Å². The lowest BCUT2D eigenvalue weighted by Crippen LogP contribution is -2.10. The van der Waals surface area contributed by atoms with Crippen LogP contribution in [0.2, 0.25) is 5.02 Å². The van der Waals surface area contributed by atoms with Crippen molar-refractivity contribution in [1.29, 1.82) is 0 Å². The summed E-state index contributed by atoms with van der Waals surface area (Å²) in [5.74, 6) is -0.481. The third-order valence-corrected chi connectivity index (χ3v) is 3.15. The Balaban J connectivity index is 2.42. The van der Waals surface area contributed by atoms with Crippen molar-refractivity contribution in [2.75, 3.05) is 13.7 Å². The zero-order valence-electron chi connectivity index (χ0n) is 11.6. The van der Waals surface area contributed by atoms with Gasteiger partial charge >= 0.3 is 5.97 Å². The zero-order chi connectivity index (χ0) is 15.2. The Morgan fingerprint density at radius 3 is 2.76 bits per heavy atom. The highest BCUT2D eigenvalue weighted by atomic mass is 35.5. The number of carbonyl (C=O) groups is 1. The molecule has 0 aliphatic rings. The molecule has 0 aliphatic heterocycles. The third-order valence-electron chi connectivity index (χ3n) is 2.91. The second-order valence-corrected chi connectivity index (χ2v) is 4.99. The Morgan fingerprint density at radius 1 is 1.29 bits per heavy atom. The third kappa shape index (κ3) is 4.21. The van der Waals surface area contributed by atoms with Gasteiger partial charge in [0, 0.05) is 17.1 Å². The lowest BCUT2D eigenvalue weighted by atomic mass is 10.0. The number of carboxylic acid groups (broad SMARTS) is 1. The van der Waals surface area contributed by atoms with Crippen LogP contribution < -0.4 is 10.1 Å². The van der Waals surface area contributed by atoms with Crippen LogP contribution in [-0.4, -0.2) is 24.7 Å². The predicted octanol–water partition coefficient (Wildman–Crippen LogP) is 3.19. The van der Waals surface area contributed by atoms with E-state index >= 15 is 0 Å². The van der Waals surface area contributed by atoms with Crippen LogP contribution in [0.1, 0.15) is 5.56 Å². The number of carboxylic acids is 1. The van der Waals surface area contributed by atoms with Gasteiger partial charge in [0.2, 0.25) is 0 Å². The average molecular weight is 306 g/mol. The number of halogens is 1. The van der Waals surface area contributed by atoms with Crippen LogP contribution in [0.15, 0.2) is 42.5 Å². The Hall–Kier alpha value is -2.04. The monoisotopic (exact) mass is 305 g/mol. The van der Waals surface area contributed by atoms with Gasteiger partial charge in [0.25, 0.3) is 0 Å². The Morgan fingerprint density at radius 2 is 2.10 bits per heavy atom. The highest BCUT2D eigenvalue weighted by molar-refractivity contribution is 6.30. The van der Waals surface area contributed by atoms with Crippen molar-refractivity contribution >= 4 is 17.6 Å². The van der Waals surface area contributed by atoms with E-state index in [9.17, 15) is 4.79 Å². The molecule has 21 heavy (non-hydrogen) atoms. The van der Waals surface area contributed by atoms with Gasteiger partial charge in [-0.05, 0) is 42.4 Å². The highest BCUT2D eigenvalue weighted by Crippen LogP contribution is 2.32. The number of nitrogens with one attached hydrogen (secondary N) is 1. The lowest BCUT2D eigenvalue weighted by Gasteiger charge is -2.13. The van der Waals surface area contributed by atoms with E-state index in [-0.39, 0.29) is 6.61 Å². The number of aliphatic carboxylic acids is 1. The fraction of sp³-hybridized carbons (Fsp3) is 0.188. The van der Waals surface area contributed by atoms with E-state index in [1.54, 1.807) is 12.1 Å². The summed E-state index contributed by atoms with van der Waals surface area (Å²) in [5.41, 5.74) is 2.79. The van der Waals surface area contributed by atoms with Crippen molar-refractivity contribution in [1.82, 2.24) is 5.32 Å². The van der Waals surface area contributed by atoms with Crippen molar-refractivity contribution in [3.63, 3.8) is 0 Å². The molecular formula is C16H16ClNO3. The van der Waals surface area contributed by atoms with Gasteiger partial charge in [0.15, 0.2) is 6.61 Å². The predicted molar refractivity (Wildman–Crippen MR) is 82.8 cm³/mol. The number of benzene rings is 2. The summed E-state index contributed by atoms with van der Waals surface area (Å²) in [6.07, 6.45) is 0. The van der Waals surface area contributed by atoms with E-state index in [4.69, 9.17) is 21.4 Å². The number of ether oxygens (including phenoxy) is 1. The van der Waals surface area contributed by atoms with Gasteiger partial charge in [0.1, 0.15) is 5.75 Å².